The first kappa shape index (κ1) is 28.1. The van der Waals surface area contributed by atoms with Crippen molar-refractivity contribution in [2.24, 2.45) is 17.6 Å². The summed E-state index contributed by atoms with van der Waals surface area (Å²) in [4.78, 5) is 49.1. The molecule has 0 bridgehead atoms. The average molecular weight is 449 g/mol. The summed E-state index contributed by atoms with van der Waals surface area (Å²) < 4.78 is 0. The van der Waals surface area contributed by atoms with E-state index >= 15 is 0 Å². The van der Waals surface area contributed by atoms with Crippen LogP contribution in [-0.4, -0.2) is 70.4 Å². The van der Waals surface area contributed by atoms with Crippen LogP contribution in [0.5, 0.6) is 0 Å². The van der Waals surface area contributed by atoms with E-state index in [4.69, 9.17) is 10.8 Å². The van der Waals surface area contributed by atoms with Crippen molar-refractivity contribution in [1.82, 2.24) is 16.0 Å². The van der Waals surface area contributed by atoms with Gasteiger partial charge in [-0.3, -0.25) is 14.4 Å². The number of aliphatic hydroxyl groups is 1. The molecule has 0 aliphatic heterocycles. The molecular weight excluding hydrogens is 412 g/mol. The maximum absolute atomic E-state index is 12.9. The maximum atomic E-state index is 12.9. The second kappa shape index (κ2) is 14.2. The fraction of sp³-hybridized carbons (Fsp3) is 0.789. The van der Waals surface area contributed by atoms with Crippen LogP contribution in [0.2, 0.25) is 0 Å². The van der Waals surface area contributed by atoms with Crippen LogP contribution in [0.25, 0.3) is 0 Å². The quantitative estimate of drug-likeness (QED) is 0.171. The third kappa shape index (κ3) is 8.88. The topological polar surface area (TPSA) is 171 Å². The molecule has 0 heterocycles. The third-order valence-electron chi connectivity index (χ3n) is 5.15. The number of nitrogens with one attached hydrogen (secondary N) is 3. The second-order valence-electron chi connectivity index (χ2n) is 7.44. The van der Waals surface area contributed by atoms with Gasteiger partial charge in [0.1, 0.15) is 18.1 Å². The van der Waals surface area contributed by atoms with Gasteiger partial charge in [-0.05, 0) is 11.8 Å². The number of carboxylic acid groups (broad SMARTS) is 1. The van der Waals surface area contributed by atoms with E-state index in [2.05, 4.69) is 28.6 Å². The van der Waals surface area contributed by atoms with Crippen LogP contribution in [0.3, 0.4) is 0 Å². The summed E-state index contributed by atoms with van der Waals surface area (Å²) in [6.45, 7) is 6.82. The molecule has 2 unspecified atom stereocenters. The van der Waals surface area contributed by atoms with Gasteiger partial charge in [0.25, 0.3) is 0 Å². The summed E-state index contributed by atoms with van der Waals surface area (Å²) in [7, 11) is 0. The summed E-state index contributed by atoms with van der Waals surface area (Å²) in [5.41, 5.74) is 5.68. The van der Waals surface area contributed by atoms with Crippen LogP contribution >= 0.6 is 12.6 Å². The predicted molar refractivity (Wildman–Crippen MR) is 116 cm³/mol. The first-order valence-electron chi connectivity index (χ1n) is 10.1. The normalized spacial score (nSPS) is 17.0. The molecule has 0 spiro atoms. The molecule has 0 aromatic heterocycles. The Morgan fingerprint density at radius 2 is 1.33 bits per heavy atom. The molecule has 7 N–H and O–H groups in total. The number of carbonyl (C=O) groups excluding carboxylic acids is 3. The van der Waals surface area contributed by atoms with Gasteiger partial charge < -0.3 is 31.9 Å². The molecule has 30 heavy (non-hydrogen) atoms. The van der Waals surface area contributed by atoms with Crippen molar-refractivity contribution in [3.05, 3.63) is 0 Å². The van der Waals surface area contributed by atoms with Crippen molar-refractivity contribution in [3.63, 3.8) is 0 Å². The van der Waals surface area contributed by atoms with Crippen LogP contribution in [-0.2, 0) is 19.2 Å². The summed E-state index contributed by atoms with van der Waals surface area (Å²) in [5.74, 6) is -3.45. The number of aliphatic hydroxyl groups excluding tert-OH is 1. The highest BCUT2D eigenvalue weighted by Crippen LogP contribution is 2.13. The Balaban J connectivity index is 5.52. The number of hydrogen-bond acceptors (Lipinski definition) is 7. The molecule has 11 heteroatoms. The Morgan fingerprint density at radius 3 is 1.70 bits per heavy atom. The molecule has 3 amide bonds. The first-order valence-corrected chi connectivity index (χ1v) is 10.8. The largest absolute Gasteiger partial charge is 0.480 e. The van der Waals surface area contributed by atoms with Crippen LogP contribution in [0.15, 0.2) is 0 Å². The lowest BCUT2D eigenvalue weighted by atomic mass is 9.94. The number of nitrogens with two attached hydrogens (primary N) is 1. The van der Waals surface area contributed by atoms with Crippen molar-refractivity contribution < 1.29 is 29.4 Å². The molecule has 0 saturated carbocycles. The van der Waals surface area contributed by atoms with Gasteiger partial charge in [-0.2, -0.15) is 12.6 Å². The molecule has 0 aromatic carbocycles. The van der Waals surface area contributed by atoms with E-state index < -0.39 is 54.5 Å². The first-order chi connectivity index (χ1) is 14.0. The van der Waals surface area contributed by atoms with Gasteiger partial charge in [-0.1, -0.05) is 40.5 Å². The summed E-state index contributed by atoms with van der Waals surface area (Å²) in [5, 5.41) is 25.8. The highest BCUT2D eigenvalue weighted by molar-refractivity contribution is 7.80. The summed E-state index contributed by atoms with van der Waals surface area (Å²) >= 11 is 3.99. The molecule has 6 atom stereocenters. The molecule has 0 saturated heterocycles. The lowest BCUT2D eigenvalue weighted by molar-refractivity contribution is -0.143. The van der Waals surface area contributed by atoms with Crippen LogP contribution in [0.1, 0.15) is 47.0 Å². The molecular formula is C19H36N4O6S. The average Bonchev–Trinajstić information content (AvgIpc) is 2.72. The monoisotopic (exact) mass is 448 g/mol. The molecule has 0 radical (unpaired) electrons. The second-order valence-corrected chi connectivity index (χ2v) is 7.81. The third-order valence-corrected chi connectivity index (χ3v) is 5.55. The fourth-order valence-corrected chi connectivity index (χ4v) is 2.80. The smallest absolute Gasteiger partial charge is 0.326 e. The lowest BCUT2D eigenvalue weighted by Crippen LogP contribution is -2.60. The van der Waals surface area contributed by atoms with E-state index in [9.17, 15) is 24.3 Å². The summed E-state index contributed by atoms with van der Waals surface area (Å²) in [6.07, 6.45) is 0.975. The number of thiol groups is 1. The van der Waals surface area contributed by atoms with Crippen molar-refractivity contribution >= 4 is 36.3 Å². The van der Waals surface area contributed by atoms with Crippen molar-refractivity contribution in [2.45, 2.75) is 71.1 Å². The van der Waals surface area contributed by atoms with E-state index in [0.717, 1.165) is 0 Å². The molecule has 0 aliphatic carbocycles. The van der Waals surface area contributed by atoms with Gasteiger partial charge in [0, 0.05) is 18.8 Å². The van der Waals surface area contributed by atoms with E-state index in [-0.39, 0.29) is 24.0 Å². The zero-order chi connectivity index (χ0) is 23.4. The minimum atomic E-state index is -1.28. The van der Waals surface area contributed by atoms with Gasteiger partial charge in [0.05, 0.1) is 6.04 Å². The Hall–Kier alpha value is -1.85. The standard InChI is InChI=1S/C19H36N4O6S/c1-5-10(3)14(17(26)21-13(7-8-24)19(28)29)23-18(27)15(11(4)6-2)22-16(25)12(20)9-30/h10-15,24,30H,5-9,20H2,1-4H3,(H,21,26)(H,22,25)(H,23,27)(H,28,29)/t10?,11?,12-,13-,14-,15-/m0/s1. The number of carboxylic acids is 1. The number of rotatable bonds is 14. The van der Waals surface area contributed by atoms with Crippen LogP contribution < -0.4 is 21.7 Å². The van der Waals surface area contributed by atoms with Gasteiger partial charge in [0.2, 0.25) is 17.7 Å². The SMILES string of the molecule is CCC(C)[C@H](NC(=O)[C@@H](NC(=O)[C@@H](N)CS)C(C)CC)C(=O)N[C@@H](CCO)C(=O)O. The Kier molecular flexibility index (Phi) is 13.3. The molecule has 0 fully saturated rings. The van der Waals surface area contributed by atoms with E-state index in [1.807, 2.05) is 13.8 Å². The zero-order valence-electron chi connectivity index (χ0n) is 18.1. The van der Waals surface area contributed by atoms with Gasteiger partial charge >= 0.3 is 5.97 Å². The van der Waals surface area contributed by atoms with Crippen LogP contribution in [0.4, 0.5) is 0 Å². The van der Waals surface area contributed by atoms with Gasteiger partial charge in [-0.25, -0.2) is 4.79 Å². The van der Waals surface area contributed by atoms with Crippen LogP contribution in [0, 0.1) is 11.8 Å². The number of aliphatic carboxylic acids is 1. The van der Waals surface area contributed by atoms with E-state index in [1.165, 1.54) is 0 Å². The maximum Gasteiger partial charge on any atom is 0.326 e. The number of amides is 3. The van der Waals surface area contributed by atoms with E-state index in [0.29, 0.717) is 12.8 Å². The highest BCUT2D eigenvalue weighted by atomic mass is 32.1. The van der Waals surface area contributed by atoms with Gasteiger partial charge in [0.15, 0.2) is 0 Å². The van der Waals surface area contributed by atoms with Crippen molar-refractivity contribution in [2.75, 3.05) is 12.4 Å². The molecule has 0 aromatic rings. The lowest BCUT2D eigenvalue weighted by Gasteiger charge is -2.30. The Morgan fingerprint density at radius 1 is 0.900 bits per heavy atom. The molecule has 0 aliphatic rings. The predicted octanol–water partition coefficient (Wildman–Crippen LogP) is -0.743. The minimum Gasteiger partial charge on any atom is -0.480 e. The molecule has 0 rings (SSSR count). The Labute approximate surface area is 183 Å². The van der Waals surface area contributed by atoms with Crippen molar-refractivity contribution in [3.8, 4) is 0 Å². The molecule has 174 valence electrons. The zero-order valence-corrected chi connectivity index (χ0v) is 18.9. The van der Waals surface area contributed by atoms with E-state index in [1.54, 1.807) is 13.8 Å². The molecule has 10 nitrogen and oxygen atoms in total. The Bertz CT molecular complexity index is 591. The number of hydrogen-bond donors (Lipinski definition) is 7. The minimum absolute atomic E-state index is 0.111. The van der Waals surface area contributed by atoms with Crippen molar-refractivity contribution in [1.29, 1.82) is 0 Å². The highest BCUT2D eigenvalue weighted by Gasteiger charge is 2.34. The fourth-order valence-electron chi connectivity index (χ4n) is 2.64. The summed E-state index contributed by atoms with van der Waals surface area (Å²) in [6, 6.07) is -4.08. The number of carbonyl (C=O) groups is 4. The van der Waals surface area contributed by atoms with Gasteiger partial charge in [-0.15, -0.1) is 0 Å².